The first-order valence-corrected chi connectivity index (χ1v) is 8.13. The largest absolute Gasteiger partial charge is 0.310 e. The zero-order valence-corrected chi connectivity index (χ0v) is 14.4. The van der Waals surface area contributed by atoms with Crippen LogP contribution in [-0.4, -0.2) is 31.6 Å². The van der Waals surface area contributed by atoms with Crippen molar-refractivity contribution in [3.05, 3.63) is 33.6 Å². The van der Waals surface area contributed by atoms with Crippen molar-refractivity contribution in [1.29, 1.82) is 0 Å². The fourth-order valence-corrected chi connectivity index (χ4v) is 3.26. The standard InChI is InChI=1S/C16H23Cl2FN2/c1-11(12-8-15(19)14(18)9-13(12)17)20-10-16(2)4-6-21(3)7-5-16/h8-9,11,20H,4-7,10H2,1-3H3. The van der Waals surface area contributed by atoms with Gasteiger partial charge in [-0.2, -0.15) is 0 Å². The minimum atomic E-state index is -0.421. The number of likely N-dealkylation sites (tertiary alicyclic amines) is 1. The zero-order chi connectivity index (χ0) is 15.6. The summed E-state index contributed by atoms with van der Waals surface area (Å²) >= 11 is 11.9. The molecule has 1 aliphatic heterocycles. The van der Waals surface area contributed by atoms with Gasteiger partial charge in [-0.25, -0.2) is 4.39 Å². The fourth-order valence-electron chi connectivity index (χ4n) is 2.71. The van der Waals surface area contributed by atoms with Crippen LogP contribution in [0.15, 0.2) is 12.1 Å². The summed E-state index contributed by atoms with van der Waals surface area (Å²) in [5.74, 6) is -0.421. The first kappa shape index (κ1) is 17.0. The molecular formula is C16H23Cl2FN2. The van der Waals surface area contributed by atoms with Gasteiger partial charge in [0.2, 0.25) is 0 Å². The maximum absolute atomic E-state index is 13.6. The van der Waals surface area contributed by atoms with E-state index in [4.69, 9.17) is 23.2 Å². The van der Waals surface area contributed by atoms with Crippen molar-refractivity contribution in [1.82, 2.24) is 10.2 Å². The summed E-state index contributed by atoms with van der Waals surface area (Å²) in [4.78, 5) is 2.36. The lowest BCUT2D eigenvalue weighted by Crippen LogP contribution is -2.42. The highest BCUT2D eigenvalue weighted by Crippen LogP contribution is 2.32. The Morgan fingerprint density at radius 2 is 1.90 bits per heavy atom. The van der Waals surface area contributed by atoms with Crippen molar-refractivity contribution in [3.63, 3.8) is 0 Å². The molecule has 0 aliphatic carbocycles. The number of nitrogens with one attached hydrogen (secondary N) is 1. The molecule has 2 rings (SSSR count). The minimum Gasteiger partial charge on any atom is -0.310 e. The van der Waals surface area contributed by atoms with Crippen LogP contribution in [0.25, 0.3) is 0 Å². The number of nitrogens with zero attached hydrogens (tertiary/aromatic N) is 1. The Morgan fingerprint density at radius 1 is 1.29 bits per heavy atom. The molecule has 21 heavy (non-hydrogen) atoms. The Kier molecular flexibility index (Phi) is 5.53. The van der Waals surface area contributed by atoms with Crippen LogP contribution in [0.4, 0.5) is 4.39 Å². The number of rotatable bonds is 4. The highest BCUT2D eigenvalue weighted by molar-refractivity contribution is 6.35. The Labute approximate surface area is 136 Å². The van der Waals surface area contributed by atoms with Crippen LogP contribution >= 0.6 is 23.2 Å². The summed E-state index contributed by atoms with van der Waals surface area (Å²) in [6.07, 6.45) is 2.35. The molecule has 118 valence electrons. The number of hydrogen-bond acceptors (Lipinski definition) is 2. The molecule has 0 saturated carbocycles. The second kappa shape index (κ2) is 6.82. The van der Waals surface area contributed by atoms with Gasteiger partial charge in [-0.1, -0.05) is 30.1 Å². The third kappa shape index (κ3) is 4.32. The molecular weight excluding hydrogens is 310 g/mol. The van der Waals surface area contributed by atoms with Crippen LogP contribution in [0, 0.1) is 11.2 Å². The molecule has 1 N–H and O–H groups in total. The Morgan fingerprint density at radius 3 is 2.52 bits per heavy atom. The van der Waals surface area contributed by atoms with E-state index >= 15 is 0 Å². The molecule has 0 aromatic heterocycles. The molecule has 2 nitrogen and oxygen atoms in total. The van der Waals surface area contributed by atoms with E-state index in [-0.39, 0.29) is 16.5 Å². The van der Waals surface area contributed by atoms with Crippen LogP contribution < -0.4 is 5.32 Å². The predicted octanol–water partition coefficient (Wildman–Crippen LogP) is 4.52. The lowest BCUT2D eigenvalue weighted by molar-refractivity contribution is 0.134. The van der Waals surface area contributed by atoms with Gasteiger partial charge in [0.15, 0.2) is 0 Å². The summed E-state index contributed by atoms with van der Waals surface area (Å²) in [5, 5.41) is 4.08. The first-order chi connectivity index (χ1) is 9.81. The van der Waals surface area contributed by atoms with Crippen molar-refractivity contribution in [2.45, 2.75) is 32.7 Å². The van der Waals surface area contributed by atoms with Crippen LogP contribution in [0.2, 0.25) is 10.0 Å². The van der Waals surface area contributed by atoms with Crippen molar-refractivity contribution in [3.8, 4) is 0 Å². The van der Waals surface area contributed by atoms with E-state index in [1.165, 1.54) is 25.0 Å². The smallest absolute Gasteiger partial charge is 0.142 e. The Balaban J connectivity index is 1.99. The van der Waals surface area contributed by atoms with Crippen molar-refractivity contribution in [2.24, 2.45) is 5.41 Å². The number of benzene rings is 1. The molecule has 0 amide bonds. The molecule has 0 bridgehead atoms. The molecule has 1 aromatic rings. The third-order valence-electron chi connectivity index (χ3n) is 4.54. The molecule has 0 spiro atoms. The van der Waals surface area contributed by atoms with E-state index in [0.717, 1.165) is 25.2 Å². The van der Waals surface area contributed by atoms with Gasteiger partial charge in [-0.3, -0.25) is 0 Å². The minimum absolute atomic E-state index is 0.000692. The predicted molar refractivity (Wildman–Crippen MR) is 87.7 cm³/mol. The quantitative estimate of drug-likeness (QED) is 0.815. The van der Waals surface area contributed by atoms with Gasteiger partial charge >= 0.3 is 0 Å². The van der Waals surface area contributed by atoms with E-state index in [0.29, 0.717) is 5.02 Å². The molecule has 1 saturated heterocycles. The molecule has 0 radical (unpaired) electrons. The van der Waals surface area contributed by atoms with Gasteiger partial charge in [0, 0.05) is 17.6 Å². The van der Waals surface area contributed by atoms with E-state index in [1.807, 2.05) is 6.92 Å². The number of halogens is 3. The number of piperidine rings is 1. The first-order valence-electron chi connectivity index (χ1n) is 7.37. The van der Waals surface area contributed by atoms with Crippen LogP contribution in [0.5, 0.6) is 0 Å². The van der Waals surface area contributed by atoms with Crippen molar-refractivity contribution >= 4 is 23.2 Å². The second-order valence-corrected chi connectivity index (χ2v) is 7.32. The molecule has 1 atom stereocenters. The lowest BCUT2D eigenvalue weighted by atomic mass is 9.80. The monoisotopic (exact) mass is 332 g/mol. The average molecular weight is 333 g/mol. The van der Waals surface area contributed by atoms with Gasteiger partial charge in [0.25, 0.3) is 0 Å². The molecule has 1 heterocycles. The third-order valence-corrected chi connectivity index (χ3v) is 5.15. The van der Waals surface area contributed by atoms with Crippen LogP contribution in [-0.2, 0) is 0 Å². The topological polar surface area (TPSA) is 15.3 Å². The number of hydrogen-bond donors (Lipinski definition) is 1. The summed E-state index contributed by atoms with van der Waals surface area (Å²) < 4.78 is 13.6. The van der Waals surface area contributed by atoms with Gasteiger partial charge in [0.1, 0.15) is 5.82 Å². The SMILES string of the molecule is CC(NCC1(C)CCN(C)CC1)c1cc(F)c(Cl)cc1Cl. The van der Waals surface area contributed by atoms with Crippen molar-refractivity contribution < 1.29 is 4.39 Å². The van der Waals surface area contributed by atoms with Gasteiger partial charge < -0.3 is 10.2 Å². The van der Waals surface area contributed by atoms with E-state index in [1.54, 1.807) is 0 Å². The second-order valence-electron chi connectivity index (χ2n) is 6.50. The summed E-state index contributed by atoms with van der Waals surface area (Å²) in [7, 11) is 2.16. The lowest BCUT2D eigenvalue weighted by Gasteiger charge is -2.38. The molecule has 1 aromatic carbocycles. The fraction of sp³-hybridized carbons (Fsp3) is 0.625. The van der Waals surface area contributed by atoms with Crippen molar-refractivity contribution in [2.75, 3.05) is 26.7 Å². The van der Waals surface area contributed by atoms with Gasteiger partial charge in [-0.05, 0) is 63.0 Å². The summed E-state index contributed by atoms with van der Waals surface area (Å²) in [5.41, 5.74) is 1.05. The molecule has 1 aliphatic rings. The zero-order valence-electron chi connectivity index (χ0n) is 12.8. The normalized spacial score (nSPS) is 20.5. The van der Waals surface area contributed by atoms with Gasteiger partial charge in [-0.15, -0.1) is 0 Å². The highest BCUT2D eigenvalue weighted by atomic mass is 35.5. The Bertz CT molecular complexity index is 499. The van der Waals surface area contributed by atoms with E-state index in [9.17, 15) is 4.39 Å². The van der Waals surface area contributed by atoms with E-state index < -0.39 is 5.82 Å². The molecule has 5 heteroatoms. The maximum Gasteiger partial charge on any atom is 0.142 e. The summed E-state index contributed by atoms with van der Waals surface area (Å²) in [6.45, 7) is 7.48. The van der Waals surface area contributed by atoms with Gasteiger partial charge in [0.05, 0.1) is 5.02 Å². The molecule has 1 fully saturated rings. The Hall–Kier alpha value is -0.350. The average Bonchev–Trinajstić information content (AvgIpc) is 2.44. The molecule has 1 unspecified atom stereocenters. The maximum atomic E-state index is 13.6. The van der Waals surface area contributed by atoms with Crippen LogP contribution in [0.1, 0.15) is 38.3 Å². The highest BCUT2D eigenvalue weighted by Gasteiger charge is 2.29. The van der Waals surface area contributed by atoms with Crippen LogP contribution in [0.3, 0.4) is 0 Å². The summed E-state index contributed by atoms with van der Waals surface area (Å²) in [6, 6.07) is 2.91. The van der Waals surface area contributed by atoms with E-state index in [2.05, 4.69) is 24.2 Å².